The summed E-state index contributed by atoms with van der Waals surface area (Å²) in [5, 5.41) is 9.07. The fraction of sp³-hybridized carbons (Fsp3) is 0.818. The van der Waals surface area contributed by atoms with Gasteiger partial charge in [-0.25, -0.2) is 0 Å². The molecule has 0 aromatic heterocycles. The van der Waals surface area contributed by atoms with Crippen LogP contribution in [0.2, 0.25) is 0 Å². The Morgan fingerprint density at radius 2 is 2.15 bits per heavy atom. The molecule has 0 aliphatic carbocycles. The van der Waals surface area contributed by atoms with E-state index in [1.807, 2.05) is 6.92 Å². The van der Waals surface area contributed by atoms with E-state index in [2.05, 4.69) is 20.4 Å². The largest absolute Gasteiger partial charge is 0.395 e. The van der Waals surface area contributed by atoms with Gasteiger partial charge >= 0.3 is 0 Å². The van der Waals surface area contributed by atoms with Gasteiger partial charge in [-0.05, 0) is 12.3 Å². The number of ether oxygens (including phenoxy) is 1. The van der Waals surface area contributed by atoms with Gasteiger partial charge < -0.3 is 9.84 Å². The summed E-state index contributed by atoms with van der Waals surface area (Å²) in [6.45, 7) is 11.6. The summed E-state index contributed by atoms with van der Waals surface area (Å²) in [6, 6.07) is 0. The lowest BCUT2D eigenvalue weighted by Crippen LogP contribution is -2.21. The zero-order valence-corrected chi connectivity index (χ0v) is 9.05. The molecular formula is C11H22O2. The SMILES string of the molecule is C=CC(C)(CO)CCOCC(C)C. The highest BCUT2D eigenvalue weighted by molar-refractivity contribution is 4.90. The van der Waals surface area contributed by atoms with E-state index in [1.54, 1.807) is 6.08 Å². The minimum absolute atomic E-state index is 0.140. The van der Waals surface area contributed by atoms with Crippen LogP contribution in [-0.4, -0.2) is 24.9 Å². The Bertz CT molecular complexity index is 143. The van der Waals surface area contributed by atoms with E-state index < -0.39 is 0 Å². The highest BCUT2D eigenvalue weighted by Gasteiger charge is 2.18. The molecule has 0 saturated heterocycles. The average Bonchev–Trinajstić information content (AvgIpc) is 2.12. The fourth-order valence-corrected chi connectivity index (χ4v) is 0.870. The first-order valence-corrected chi connectivity index (χ1v) is 4.86. The molecule has 0 heterocycles. The van der Waals surface area contributed by atoms with Crippen LogP contribution in [0.25, 0.3) is 0 Å². The molecule has 0 saturated carbocycles. The topological polar surface area (TPSA) is 29.5 Å². The van der Waals surface area contributed by atoms with E-state index in [-0.39, 0.29) is 12.0 Å². The summed E-state index contributed by atoms with van der Waals surface area (Å²) in [4.78, 5) is 0. The molecule has 2 nitrogen and oxygen atoms in total. The summed E-state index contributed by atoms with van der Waals surface area (Å²) in [7, 11) is 0. The van der Waals surface area contributed by atoms with Crippen molar-refractivity contribution in [2.45, 2.75) is 27.2 Å². The van der Waals surface area contributed by atoms with Crippen LogP contribution in [0.5, 0.6) is 0 Å². The van der Waals surface area contributed by atoms with Crippen LogP contribution in [0.3, 0.4) is 0 Å². The lowest BCUT2D eigenvalue weighted by Gasteiger charge is -2.22. The molecule has 0 rings (SSSR count). The molecule has 0 amide bonds. The Labute approximate surface area is 81.6 Å². The molecule has 1 atom stereocenters. The lowest BCUT2D eigenvalue weighted by atomic mass is 9.88. The van der Waals surface area contributed by atoms with Crippen LogP contribution in [0.15, 0.2) is 12.7 Å². The van der Waals surface area contributed by atoms with Gasteiger partial charge in [0.1, 0.15) is 0 Å². The second-order valence-electron chi connectivity index (χ2n) is 4.24. The summed E-state index contributed by atoms with van der Waals surface area (Å²) in [6.07, 6.45) is 2.63. The maximum absolute atomic E-state index is 9.07. The van der Waals surface area contributed by atoms with Gasteiger partial charge in [0.25, 0.3) is 0 Å². The third-order valence-electron chi connectivity index (χ3n) is 2.12. The van der Waals surface area contributed by atoms with Crippen molar-refractivity contribution in [3.8, 4) is 0 Å². The van der Waals surface area contributed by atoms with Crippen LogP contribution in [0.4, 0.5) is 0 Å². The molecule has 13 heavy (non-hydrogen) atoms. The van der Waals surface area contributed by atoms with Gasteiger partial charge in [-0.15, -0.1) is 6.58 Å². The minimum atomic E-state index is -0.184. The molecule has 0 radical (unpaired) electrons. The zero-order valence-electron chi connectivity index (χ0n) is 9.05. The first-order chi connectivity index (χ1) is 6.04. The third kappa shape index (κ3) is 5.83. The molecule has 0 aliphatic rings. The van der Waals surface area contributed by atoms with Gasteiger partial charge in [-0.1, -0.05) is 26.8 Å². The van der Waals surface area contributed by atoms with Crippen LogP contribution < -0.4 is 0 Å². The Morgan fingerprint density at radius 3 is 2.54 bits per heavy atom. The number of aliphatic hydroxyl groups excluding tert-OH is 1. The highest BCUT2D eigenvalue weighted by atomic mass is 16.5. The maximum atomic E-state index is 9.07. The van der Waals surface area contributed by atoms with Crippen LogP contribution in [-0.2, 0) is 4.74 Å². The first kappa shape index (κ1) is 12.7. The number of rotatable bonds is 7. The van der Waals surface area contributed by atoms with Crippen molar-refractivity contribution in [2.24, 2.45) is 11.3 Å². The maximum Gasteiger partial charge on any atom is 0.0520 e. The van der Waals surface area contributed by atoms with Crippen molar-refractivity contribution in [1.82, 2.24) is 0 Å². The van der Waals surface area contributed by atoms with Crippen molar-refractivity contribution in [2.75, 3.05) is 19.8 Å². The van der Waals surface area contributed by atoms with E-state index in [1.165, 1.54) is 0 Å². The molecule has 0 aromatic rings. The molecule has 0 aromatic carbocycles. The number of hydrogen-bond acceptors (Lipinski definition) is 2. The van der Waals surface area contributed by atoms with E-state index in [0.29, 0.717) is 12.5 Å². The Kier molecular flexibility index (Phi) is 6.00. The summed E-state index contributed by atoms with van der Waals surface area (Å²) < 4.78 is 5.44. The lowest BCUT2D eigenvalue weighted by molar-refractivity contribution is 0.0735. The molecule has 1 unspecified atom stereocenters. The summed E-state index contributed by atoms with van der Waals surface area (Å²) in [5.74, 6) is 0.573. The molecule has 0 bridgehead atoms. The molecule has 0 aliphatic heterocycles. The highest BCUT2D eigenvalue weighted by Crippen LogP contribution is 2.21. The monoisotopic (exact) mass is 186 g/mol. The predicted octanol–water partition coefficient (Wildman–Crippen LogP) is 2.23. The summed E-state index contributed by atoms with van der Waals surface area (Å²) >= 11 is 0. The Morgan fingerprint density at radius 1 is 1.54 bits per heavy atom. The second-order valence-corrected chi connectivity index (χ2v) is 4.24. The van der Waals surface area contributed by atoms with E-state index >= 15 is 0 Å². The first-order valence-electron chi connectivity index (χ1n) is 4.86. The van der Waals surface area contributed by atoms with Gasteiger partial charge in [-0.2, -0.15) is 0 Å². The van der Waals surface area contributed by atoms with Crippen molar-refractivity contribution in [1.29, 1.82) is 0 Å². The van der Waals surface area contributed by atoms with Gasteiger partial charge in [0.2, 0.25) is 0 Å². The van der Waals surface area contributed by atoms with E-state index in [9.17, 15) is 0 Å². The predicted molar refractivity (Wildman–Crippen MR) is 55.7 cm³/mol. The van der Waals surface area contributed by atoms with E-state index in [0.717, 1.165) is 13.0 Å². The van der Waals surface area contributed by atoms with Gasteiger partial charge in [0, 0.05) is 18.6 Å². The molecular weight excluding hydrogens is 164 g/mol. The van der Waals surface area contributed by atoms with Gasteiger partial charge in [0.05, 0.1) is 6.61 Å². The van der Waals surface area contributed by atoms with Gasteiger partial charge in [0.15, 0.2) is 0 Å². The fourth-order valence-electron chi connectivity index (χ4n) is 0.870. The van der Waals surface area contributed by atoms with Gasteiger partial charge in [-0.3, -0.25) is 0 Å². The smallest absolute Gasteiger partial charge is 0.0520 e. The zero-order chi connectivity index (χ0) is 10.3. The number of hydrogen-bond donors (Lipinski definition) is 1. The standard InChI is InChI=1S/C11H22O2/c1-5-11(4,9-12)6-7-13-8-10(2)3/h5,10,12H,1,6-9H2,2-4H3. The number of aliphatic hydroxyl groups is 1. The normalized spacial score (nSPS) is 15.8. The van der Waals surface area contributed by atoms with Crippen LogP contribution in [0.1, 0.15) is 27.2 Å². The average molecular weight is 186 g/mol. The molecule has 0 fully saturated rings. The van der Waals surface area contributed by atoms with Crippen LogP contribution >= 0.6 is 0 Å². The van der Waals surface area contributed by atoms with Crippen molar-refractivity contribution in [3.63, 3.8) is 0 Å². The second kappa shape index (κ2) is 6.17. The van der Waals surface area contributed by atoms with E-state index in [4.69, 9.17) is 9.84 Å². The third-order valence-corrected chi connectivity index (χ3v) is 2.12. The molecule has 0 spiro atoms. The van der Waals surface area contributed by atoms with Crippen molar-refractivity contribution in [3.05, 3.63) is 12.7 Å². The molecule has 1 N–H and O–H groups in total. The van der Waals surface area contributed by atoms with Crippen LogP contribution in [0, 0.1) is 11.3 Å². The molecule has 2 heteroatoms. The molecule has 78 valence electrons. The minimum Gasteiger partial charge on any atom is -0.395 e. The Hall–Kier alpha value is -0.340. The Balaban J connectivity index is 3.56. The summed E-state index contributed by atoms with van der Waals surface area (Å²) in [5.41, 5.74) is -0.184. The quantitative estimate of drug-likeness (QED) is 0.488. The van der Waals surface area contributed by atoms with Crippen molar-refractivity contribution < 1.29 is 9.84 Å². The van der Waals surface area contributed by atoms with Crippen molar-refractivity contribution >= 4 is 0 Å².